The van der Waals surface area contributed by atoms with Crippen molar-refractivity contribution in [3.8, 4) is 5.75 Å². The molecule has 2 heterocycles. The van der Waals surface area contributed by atoms with Gasteiger partial charge in [-0.1, -0.05) is 96.2 Å². The van der Waals surface area contributed by atoms with Crippen LogP contribution in [0.25, 0.3) is 0 Å². The van der Waals surface area contributed by atoms with Crippen LogP contribution in [0, 0.1) is 0 Å². The lowest BCUT2D eigenvalue weighted by Crippen LogP contribution is -2.67. The molecule has 6 atom stereocenters. The predicted molar refractivity (Wildman–Crippen MR) is 192 cm³/mol. The molecule has 2 aliphatic rings. The average Bonchev–Trinajstić information content (AvgIpc) is 3.09. The largest absolute Gasteiger partial charge is 0.464 e. The van der Waals surface area contributed by atoms with Gasteiger partial charge in [0, 0.05) is 50.5 Å². The Hall–Kier alpha value is -1.71. The van der Waals surface area contributed by atoms with E-state index in [0.717, 1.165) is 68.9 Å². The number of fused-ring (bicyclic) bond motifs is 2. The summed E-state index contributed by atoms with van der Waals surface area (Å²) in [7, 11) is 1.67. The van der Waals surface area contributed by atoms with E-state index in [1.165, 1.54) is 11.1 Å². The van der Waals surface area contributed by atoms with E-state index in [4.69, 9.17) is 44.8 Å². The number of hydrogen-bond acceptors (Lipinski definition) is 7. The van der Waals surface area contributed by atoms with Gasteiger partial charge < -0.3 is 33.2 Å². The van der Waals surface area contributed by atoms with Crippen molar-refractivity contribution < 1.29 is 33.2 Å². The Morgan fingerprint density at radius 1 is 0.771 bits per heavy atom. The Labute approximate surface area is 295 Å². The molecule has 1 spiro atoms. The van der Waals surface area contributed by atoms with Crippen LogP contribution in [0.5, 0.6) is 5.75 Å². The maximum atomic E-state index is 7.39. The van der Waals surface area contributed by atoms with Gasteiger partial charge in [-0.2, -0.15) is 0 Å². The van der Waals surface area contributed by atoms with Crippen LogP contribution in [0.2, 0.25) is 5.02 Å². The van der Waals surface area contributed by atoms with Crippen LogP contribution < -0.4 is 4.74 Å². The van der Waals surface area contributed by atoms with Crippen molar-refractivity contribution in [2.75, 3.05) is 40.1 Å². The maximum Gasteiger partial charge on any atom is 0.202 e. The lowest BCUT2D eigenvalue weighted by Gasteiger charge is -2.55. The van der Waals surface area contributed by atoms with Crippen LogP contribution in [0.1, 0.15) is 115 Å². The summed E-state index contributed by atoms with van der Waals surface area (Å²) in [5, 5.41) is 0.649. The second-order valence-corrected chi connectivity index (χ2v) is 13.7. The van der Waals surface area contributed by atoms with Crippen LogP contribution >= 0.6 is 11.6 Å². The summed E-state index contributed by atoms with van der Waals surface area (Å²) in [6.45, 7) is 13.8. The third-order valence-electron chi connectivity index (χ3n) is 9.57. The number of methoxy groups -OCH3 is 1. The van der Waals surface area contributed by atoms with Crippen molar-refractivity contribution in [3.63, 3.8) is 0 Å². The number of hydrogen-bond donors (Lipinski definition) is 0. The topological polar surface area (TPSA) is 64.6 Å². The van der Waals surface area contributed by atoms with Crippen LogP contribution in [-0.4, -0.2) is 70.9 Å². The Morgan fingerprint density at radius 2 is 1.38 bits per heavy atom. The van der Waals surface area contributed by atoms with E-state index in [2.05, 4.69) is 65.0 Å². The monoisotopic (exact) mass is 688 g/mol. The number of benzene rings is 2. The molecule has 2 aromatic carbocycles. The van der Waals surface area contributed by atoms with Crippen LogP contribution in [0.15, 0.2) is 36.4 Å². The first kappa shape index (κ1) is 39.1. The van der Waals surface area contributed by atoms with Crippen molar-refractivity contribution in [3.05, 3.63) is 63.7 Å². The van der Waals surface area contributed by atoms with E-state index in [1.807, 2.05) is 6.07 Å². The molecule has 0 aliphatic carbocycles. The molecule has 0 amide bonds. The molecule has 270 valence electrons. The standard InChI is InChI=1S/C40H61ClO7/c1-7-12-20-43-28-35-37(44-21-13-8-2)38(45-22-14-9-3)39(46-23-15-10-4)40(48-35)27-36(42-6)47-34-26-33(41)31(25-32(34)40)24-30-18-16-29(11-5)17-19-30/h16-19,25-26,35-39H,7-15,20-24,27-28H2,1-6H3/t35-,36?,37-,38+,39-,40+/m1/s1. The van der Waals surface area contributed by atoms with Crippen LogP contribution in [-0.2, 0) is 46.9 Å². The van der Waals surface area contributed by atoms with E-state index in [-0.39, 0.29) is 18.3 Å². The van der Waals surface area contributed by atoms with Gasteiger partial charge in [0.1, 0.15) is 35.8 Å². The second-order valence-electron chi connectivity index (χ2n) is 13.3. The third kappa shape index (κ3) is 9.96. The van der Waals surface area contributed by atoms with Crippen molar-refractivity contribution in [2.45, 2.75) is 142 Å². The van der Waals surface area contributed by atoms with E-state index in [9.17, 15) is 0 Å². The normalized spacial score (nSPS) is 25.3. The fourth-order valence-electron chi connectivity index (χ4n) is 6.65. The Morgan fingerprint density at radius 3 is 2.00 bits per heavy atom. The molecule has 1 fully saturated rings. The molecule has 0 N–H and O–H groups in total. The second kappa shape index (κ2) is 20.2. The van der Waals surface area contributed by atoms with Crippen molar-refractivity contribution in [1.29, 1.82) is 0 Å². The third-order valence-corrected chi connectivity index (χ3v) is 9.92. The zero-order chi connectivity index (χ0) is 34.4. The van der Waals surface area contributed by atoms with Gasteiger partial charge >= 0.3 is 0 Å². The van der Waals surface area contributed by atoms with E-state index < -0.39 is 18.0 Å². The zero-order valence-electron chi connectivity index (χ0n) is 30.4. The summed E-state index contributed by atoms with van der Waals surface area (Å²) in [5.74, 6) is 0.649. The number of ether oxygens (including phenoxy) is 7. The number of unbranched alkanes of at least 4 members (excludes halogenated alkanes) is 4. The van der Waals surface area contributed by atoms with Crippen molar-refractivity contribution in [1.82, 2.24) is 0 Å². The van der Waals surface area contributed by atoms with Gasteiger partial charge in [-0.15, -0.1) is 0 Å². The Kier molecular flexibility index (Phi) is 16.5. The van der Waals surface area contributed by atoms with E-state index in [1.54, 1.807) is 7.11 Å². The smallest absolute Gasteiger partial charge is 0.202 e. The first-order chi connectivity index (χ1) is 23.4. The quantitative estimate of drug-likeness (QED) is 0.121. The Bertz CT molecular complexity index is 1210. The number of halogens is 1. The molecule has 0 bridgehead atoms. The summed E-state index contributed by atoms with van der Waals surface area (Å²) >= 11 is 7.00. The molecule has 0 radical (unpaired) electrons. The molecule has 1 saturated heterocycles. The molecule has 0 aromatic heterocycles. The summed E-state index contributed by atoms with van der Waals surface area (Å²) < 4.78 is 46.5. The highest BCUT2D eigenvalue weighted by molar-refractivity contribution is 6.31. The highest BCUT2D eigenvalue weighted by Crippen LogP contribution is 2.52. The predicted octanol–water partition coefficient (Wildman–Crippen LogP) is 9.21. The van der Waals surface area contributed by atoms with Gasteiger partial charge in [0.25, 0.3) is 0 Å². The minimum absolute atomic E-state index is 0.358. The highest BCUT2D eigenvalue weighted by Gasteiger charge is 2.60. The molecule has 1 unspecified atom stereocenters. The maximum absolute atomic E-state index is 7.39. The van der Waals surface area contributed by atoms with Gasteiger partial charge in [-0.25, -0.2) is 0 Å². The lowest BCUT2D eigenvalue weighted by molar-refractivity contribution is -0.323. The van der Waals surface area contributed by atoms with Crippen molar-refractivity contribution in [2.24, 2.45) is 0 Å². The molecular formula is C40H61ClO7. The number of aryl methyl sites for hydroxylation is 1. The summed E-state index contributed by atoms with van der Waals surface area (Å²) in [4.78, 5) is 0. The van der Waals surface area contributed by atoms with Gasteiger partial charge in [0.05, 0.1) is 6.61 Å². The zero-order valence-corrected chi connectivity index (χ0v) is 31.2. The number of rotatable bonds is 21. The molecule has 48 heavy (non-hydrogen) atoms. The van der Waals surface area contributed by atoms with Crippen LogP contribution in [0.4, 0.5) is 0 Å². The SMILES string of the molecule is CCCCOC[C@H]1O[C@]2(CC(OC)Oc3cc(Cl)c(Cc4ccc(CC)cc4)cc32)[C@H](OCCCC)[C@@H](OCCCC)[C@@H]1OCCCC. The summed E-state index contributed by atoms with van der Waals surface area (Å²) in [6, 6.07) is 12.9. The van der Waals surface area contributed by atoms with E-state index in [0.29, 0.717) is 56.6 Å². The van der Waals surface area contributed by atoms with E-state index >= 15 is 0 Å². The minimum atomic E-state index is -0.951. The van der Waals surface area contributed by atoms with Gasteiger partial charge in [0.2, 0.25) is 6.29 Å². The molecule has 2 aliphatic heterocycles. The summed E-state index contributed by atoms with van der Waals surface area (Å²) in [5.41, 5.74) is 3.48. The molecule has 0 saturated carbocycles. The van der Waals surface area contributed by atoms with Gasteiger partial charge in [-0.05, 0) is 67.3 Å². The molecule has 8 heteroatoms. The first-order valence-corrected chi connectivity index (χ1v) is 19.0. The highest BCUT2D eigenvalue weighted by atomic mass is 35.5. The van der Waals surface area contributed by atoms with Crippen molar-refractivity contribution >= 4 is 11.6 Å². The fraction of sp³-hybridized carbons (Fsp3) is 0.700. The molecule has 2 aromatic rings. The van der Waals surface area contributed by atoms with Crippen LogP contribution in [0.3, 0.4) is 0 Å². The fourth-order valence-corrected chi connectivity index (χ4v) is 6.87. The lowest BCUT2D eigenvalue weighted by atomic mass is 9.75. The van der Waals surface area contributed by atoms with Gasteiger partial charge in [0.15, 0.2) is 0 Å². The first-order valence-electron chi connectivity index (χ1n) is 18.6. The molecule has 7 nitrogen and oxygen atoms in total. The molecular weight excluding hydrogens is 628 g/mol. The average molecular weight is 689 g/mol. The Balaban J connectivity index is 1.85. The molecule has 4 rings (SSSR count). The summed E-state index contributed by atoms with van der Waals surface area (Å²) in [6.07, 6.45) is 7.92. The van der Waals surface area contributed by atoms with Gasteiger partial charge in [-0.3, -0.25) is 0 Å². The minimum Gasteiger partial charge on any atom is -0.464 e.